The van der Waals surface area contributed by atoms with E-state index in [0.29, 0.717) is 12.5 Å². The molecular formula is C16H24N4OS. The van der Waals surface area contributed by atoms with Gasteiger partial charge in [-0.15, -0.1) is 0 Å². The zero-order valence-electron chi connectivity index (χ0n) is 13.2. The molecule has 1 aromatic carbocycles. The molecule has 1 heterocycles. The minimum absolute atomic E-state index is 0.0215. The van der Waals surface area contributed by atoms with E-state index in [1.807, 2.05) is 49.9 Å². The number of guanidine groups is 1. The number of amides is 1. The molecule has 1 fully saturated rings. The Bertz CT molecular complexity index is 521. The molecule has 1 aliphatic heterocycles. The first-order valence-corrected chi connectivity index (χ1v) is 8.74. The van der Waals surface area contributed by atoms with Gasteiger partial charge in [0, 0.05) is 36.2 Å². The predicted molar refractivity (Wildman–Crippen MR) is 94.1 cm³/mol. The smallest absolute Gasteiger partial charge is 0.226 e. The van der Waals surface area contributed by atoms with Crippen molar-refractivity contribution in [2.24, 2.45) is 16.6 Å². The standard InChI is InChI=1S/C16H24N4OS/c1-12(2)15(21)19-14-5-3-13(4-6-14)11-18-16(17)20-7-9-22-10-8-20/h3-6,12H,7-11H2,1-2H3,(H2,17,18)(H,19,21). The Kier molecular flexibility index (Phi) is 6.12. The highest BCUT2D eigenvalue weighted by molar-refractivity contribution is 7.99. The highest BCUT2D eigenvalue weighted by atomic mass is 32.2. The second kappa shape index (κ2) is 8.08. The number of rotatable bonds is 4. The van der Waals surface area contributed by atoms with Crippen LogP contribution in [0.2, 0.25) is 0 Å². The molecular weight excluding hydrogens is 296 g/mol. The number of nitrogens with zero attached hydrogens (tertiary/aromatic N) is 2. The van der Waals surface area contributed by atoms with E-state index in [2.05, 4.69) is 15.2 Å². The molecule has 0 aliphatic carbocycles. The largest absolute Gasteiger partial charge is 0.370 e. The third kappa shape index (κ3) is 4.94. The van der Waals surface area contributed by atoms with E-state index in [0.717, 1.165) is 35.8 Å². The van der Waals surface area contributed by atoms with E-state index in [4.69, 9.17) is 5.73 Å². The van der Waals surface area contributed by atoms with Crippen molar-refractivity contribution in [2.45, 2.75) is 20.4 Å². The van der Waals surface area contributed by atoms with E-state index >= 15 is 0 Å². The second-order valence-electron chi connectivity index (χ2n) is 5.61. The molecule has 0 aromatic heterocycles. The number of benzene rings is 1. The second-order valence-corrected chi connectivity index (χ2v) is 6.84. The summed E-state index contributed by atoms with van der Waals surface area (Å²) in [7, 11) is 0. The average molecular weight is 320 g/mol. The summed E-state index contributed by atoms with van der Waals surface area (Å²) in [5.74, 6) is 2.85. The number of hydrogen-bond donors (Lipinski definition) is 2. The van der Waals surface area contributed by atoms with E-state index in [-0.39, 0.29) is 11.8 Å². The first-order chi connectivity index (χ1) is 10.6. The van der Waals surface area contributed by atoms with Gasteiger partial charge in [-0.3, -0.25) is 4.79 Å². The van der Waals surface area contributed by atoms with Gasteiger partial charge in [0.2, 0.25) is 5.91 Å². The Morgan fingerprint density at radius 1 is 1.32 bits per heavy atom. The lowest BCUT2D eigenvalue weighted by Gasteiger charge is -2.27. The van der Waals surface area contributed by atoms with Gasteiger partial charge in [-0.25, -0.2) is 4.99 Å². The third-order valence-corrected chi connectivity index (χ3v) is 4.45. The summed E-state index contributed by atoms with van der Waals surface area (Å²) in [4.78, 5) is 18.2. The fourth-order valence-electron chi connectivity index (χ4n) is 2.04. The number of carbonyl (C=O) groups excluding carboxylic acids is 1. The van der Waals surface area contributed by atoms with Gasteiger partial charge in [0.15, 0.2) is 5.96 Å². The predicted octanol–water partition coefficient (Wildman–Crippen LogP) is 2.14. The van der Waals surface area contributed by atoms with Crippen LogP contribution in [0.3, 0.4) is 0 Å². The monoisotopic (exact) mass is 320 g/mol. The van der Waals surface area contributed by atoms with E-state index in [1.54, 1.807) is 0 Å². The van der Waals surface area contributed by atoms with E-state index < -0.39 is 0 Å². The lowest BCUT2D eigenvalue weighted by Crippen LogP contribution is -2.42. The van der Waals surface area contributed by atoms with Crippen LogP contribution in [0, 0.1) is 5.92 Å². The summed E-state index contributed by atoms with van der Waals surface area (Å²) in [5.41, 5.74) is 7.93. The highest BCUT2D eigenvalue weighted by Crippen LogP contribution is 2.12. The van der Waals surface area contributed by atoms with Crippen molar-refractivity contribution in [1.82, 2.24) is 4.90 Å². The van der Waals surface area contributed by atoms with Gasteiger partial charge in [-0.05, 0) is 17.7 Å². The maximum Gasteiger partial charge on any atom is 0.226 e. The van der Waals surface area contributed by atoms with Gasteiger partial charge < -0.3 is 16.0 Å². The first-order valence-electron chi connectivity index (χ1n) is 7.58. The Labute approximate surface area is 136 Å². The van der Waals surface area contributed by atoms with E-state index in [9.17, 15) is 4.79 Å². The van der Waals surface area contributed by atoms with Crippen LogP contribution in [-0.2, 0) is 11.3 Å². The first kappa shape index (κ1) is 16.7. The summed E-state index contributed by atoms with van der Waals surface area (Å²) >= 11 is 1.95. The van der Waals surface area contributed by atoms with Crippen LogP contribution < -0.4 is 11.1 Å². The summed E-state index contributed by atoms with van der Waals surface area (Å²) in [6.45, 7) is 6.26. The molecule has 0 bridgehead atoms. The lowest BCUT2D eigenvalue weighted by atomic mass is 10.2. The fraction of sp³-hybridized carbons (Fsp3) is 0.500. The van der Waals surface area contributed by atoms with Gasteiger partial charge in [0.25, 0.3) is 0 Å². The Morgan fingerprint density at radius 2 is 1.95 bits per heavy atom. The molecule has 5 nitrogen and oxygen atoms in total. The van der Waals surface area contributed by atoms with Crippen LogP contribution in [0.1, 0.15) is 19.4 Å². The quantitative estimate of drug-likeness (QED) is 0.659. The normalized spacial score (nSPS) is 16.0. The van der Waals surface area contributed by atoms with Crippen molar-refractivity contribution in [1.29, 1.82) is 0 Å². The molecule has 1 aliphatic rings. The molecule has 0 unspecified atom stereocenters. The number of nitrogens with two attached hydrogens (primary N) is 1. The van der Waals surface area contributed by atoms with Crippen LogP contribution in [0.4, 0.5) is 5.69 Å². The lowest BCUT2D eigenvalue weighted by molar-refractivity contribution is -0.118. The fourth-order valence-corrected chi connectivity index (χ4v) is 2.95. The summed E-state index contributed by atoms with van der Waals surface area (Å²) in [6.07, 6.45) is 0. The molecule has 0 spiro atoms. The van der Waals surface area contributed by atoms with Crippen LogP contribution in [0.25, 0.3) is 0 Å². The Morgan fingerprint density at radius 3 is 2.55 bits per heavy atom. The molecule has 1 amide bonds. The van der Waals surface area contributed by atoms with Gasteiger partial charge in [0.1, 0.15) is 0 Å². The number of hydrogen-bond acceptors (Lipinski definition) is 3. The zero-order chi connectivity index (χ0) is 15.9. The van der Waals surface area contributed by atoms with Crippen LogP contribution in [-0.4, -0.2) is 41.4 Å². The summed E-state index contributed by atoms with van der Waals surface area (Å²) in [6, 6.07) is 7.75. The molecule has 1 saturated heterocycles. The van der Waals surface area contributed by atoms with Crippen molar-refractivity contribution in [3.05, 3.63) is 29.8 Å². The molecule has 0 radical (unpaired) electrons. The number of nitrogens with one attached hydrogen (secondary N) is 1. The minimum atomic E-state index is -0.0215. The number of anilines is 1. The molecule has 0 atom stereocenters. The summed E-state index contributed by atoms with van der Waals surface area (Å²) in [5, 5.41) is 2.88. The average Bonchev–Trinajstić information content (AvgIpc) is 2.54. The number of carbonyl (C=O) groups is 1. The Balaban J connectivity index is 1.89. The van der Waals surface area contributed by atoms with Gasteiger partial charge >= 0.3 is 0 Å². The van der Waals surface area contributed by atoms with Crippen molar-refractivity contribution in [2.75, 3.05) is 29.9 Å². The number of thioether (sulfide) groups is 1. The topological polar surface area (TPSA) is 70.7 Å². The third-order valence-electron chi connectivity index (χ3n) is 3.50. The van der Waals surface area contributed by atoms with Crippen LogP contribution in [0.15, 0.2) is 29.3 Å². The number of aliphatic imine (C=N–C) groups is 1. The van der Waals surface area contributed by atoms with Crippen LogP contribution in [0.5, 0.6) is 0 Å². The van der Waals surface area contributed by atoms with Gasteiger partial charge in [-0.1, -0.05) is 26.0 Å². The molecule has 1 aromatic rings. The maximum atomic E-state index is 11.6. The summed E-state index contributed by atoms with van der Waals surface area (Å²) < 4.78 is 0. The molecule has 3 N–H and O–H groups in total. The van der Waals surface area contributed by atoms with Crippen LogP contribution >= 0.6 is 11.8 Å². The van der Waals surface area contributed by atoms with Gasteiger partial charge in [0.05, 0.1) is 6.54 Å². The SMILES string of the molecule is CC(C)C(=O)Nc1ccc(CN=C(N)N2CCSCC2)cc1. The molecule has 2 rings (SSSR count). The molecule has 6 heteroatoms. The molecule has 22 heavy (non-hydrogen) atoms. The molecule has 120 valence electrons. The highest BCUT2D eigenvalue weighted by Gasteiger charge is 2.12. The van der Waals surface area contributed by atoms with Crippen molar-refractivity contribution in [3.63, 3.8) is 0 Å². The van der Waals surface area contributed by atoms with Crippen molar-refractivity contribution < 1.29 is 4.79 Å². The zero-order valence-corrected chi connectivity index (χ0v) is 14.0. The maximum absolute atomic E-state index is 11.6. The van der Waals surface area contributed by atoms with E-state index in [1.165, 1.54) is 0 Å². The minimum Gasteiger partial charge on any atom is -0.370 e. The van der Waals surface area contributed by atoms with Crippen molar-refractivity contribution in [3.8, 4) is 0 Å². The van der Waals surface area contributed by atoms with Crippen molar-refractivity contribution >= 4 is 29.3 Å². The van der Waals surface area contributed by atoms with Gasteiger partial charge in [-0.2, -0.15) is 11.8 Å². The molecule has 0 saturated carbocycles. The Hall–Kier alpha value is -1.69.